The first-order valence-corrected chi connectivity index (χ1v) is 9.20. The highest BCUT2D eigenvalue weighted by Crippen LogP contribution is 2.60. The van der Waals surface area contributed by atoms with Gasteiger partial charge in [0.1, 0.15) is 0 Å². The molecule has 4 fully saturated rings. The van der Waals surface area contributed by atoms with Gasteiger partial charge in [0.15, 0.2) is 6.33 Å². The largest absolute Gasteiger partial charge is 0.348 e. The quantitative estimate of drug-likeness (QED) is 0.654. The number of hydrogen-bond acceptors (Lipinski definition) is 5. The second-order valence-corrected chi connectivity index (χ2v) is 8.48. The summed E-state index contributed by atoms with van der Waals surface area (Å²) in [5.74, 6) is 0.0944. The summed E-state index contributed by atoms with van der Waals surface area (Å²) >= 11 is 0. The molecule has 8 nitrogen and oxygen atoms in total. The van der Waals surface area contributed by atoms with Gasteiger partial charge < -0.3 is 9.88 Å². The Balaban J connectivity index is 1.43. The van der Waals surface area contributed by atoms with E-state index in [0.29, 0.717) is 17.5 Å². The van der Waals surface area contributed by atoms with Crippen LogP contribution in [-0.2, 0) is 17.4 Å². The Labute approximate surface area is 150 Å². The van der Waals surface area contributed by atoms with Gasteiger partial charge >= 0.3 is 0 Å². The molecular formula is C18H22N6O2. The molecule has 4 aliphatic carbocycles. The molecule has 1 N–H and O–H groups in total. The highest BCUT2D eigenvalue weighted by atomic mass is 16.2. The monoisotopic (exact) mass is 354 g/mol. The third-order valence-corrected chi connectivity index (χ3v) is 6.56. The Morgan fingerprint density at radius 1 is 1.23 bits per heavy atom. The van der Waals surface area contributed by atoms with Crippen LogP contribution in [0.3, 0.4) is 0 Å². The van der Waals surface area contributed by atoms with E-state index in [9.17, 15) is 9.59 Å². The molecule has 2 aromatic heterocycles. The van der Waals surface area contributed by atoms with Crippen molar-refractivity contribution >= 4 is 11.7 Å². The van der Waals surface area contributed by atoms with Gasteiger partial charge in [-0.2, -0.15) is 4.80 Å². The van der Waals surface area contributed by atoms with Gasteiger partial charge in [0, 0.05) is 18.8 Å². The minimum Gasteiger partial charge on any atom is -0.348 e. The number of rotatable bonds is 4. The fourth-order valence-corrected chi connectivity index (χ4v) is 6.09. The molecule has 0 aromatic carbocycles. The average Bonchev–Trinajstić information content (AvgIpc) is 3.24. The minimum absolute atomic E-state index is 0.179. The summed E-state index contributed by atoms with van der Waals surface area (Å²) in [5.41, 5.74) is -0.0998. The zero-order chi connectivity index (χ0) is 17.9. The van der Waals surface area contributed by atoms with Crippen LogP contribution in [0, 0.1) is 11.8 Å². The second-order valence-electron chi connectivity index (χ2n) is 8.48. The lowest BCUT2D eigenvalue weighted by atomic mass is 9.50. The molecule has 4 atom stereocenters. The van der Waals surface area contributed by atoms with E-state index in [1.807, 2.05) is 0 Å². The van der Waals surface area contributed by atoms with Crippen molar-refractivity contribution in [3.05, 3.63) is 30.4 Å². The first-order valence-electron chi connectivity index (χ1n) is 9.20. The topological polar surface area (TPSA) is 94.7 Å². The van der Waals surface area contributed by atoms with Crippen LogP contribution < -0.4 is 5.32 Å². The Hall–Kier alpha value is -2.51. The van der Waals surface area contributed by atoms with Crippen molar-refractivity contribution in [1.29, 1.82) is 0 Å². The maximum atomic E-state index is 12.7. The van der Waals surface area contributed by atoms with Crippen molar-refractivity contribution in [3.63, 3.8) is 0 Å². The van der Waals surface area contributed by atoms with Crippen LogP contribution in [0.25, 0.3) is 0 Å². The van der Waals surface area contributed by atoms with Crippen LogP contribution in [0.15, 0.2) is 24.7 Å². The van der Waals surface area contributed by atoms with Gasteiger partial charge in [-0.1, -0.05) is 0 Å². The normalized spacial score (nSPS) is 34.8. The minimum atomic E-state index is -0.504. The molecule has 2 aromatic rings. The van der Waals surface area contributed by atoms with E-state index in [0.717, 1.165) is 32.1 Å². The number of tetrazole rings is 1. The van der Waals surface area contributed by atoms with Gasteiger partial charge in [-0.15, -0.1) is 10.2 Å². The van der Waals surface area contributed by atoms with Gasteiger partial charge in [0.25, 0.3) is 11.7 Å². The lowest BCUT2D eigenvalue weighted by Crippen LogP contribution is -2.66. The predicted octanol–water partition coefficient (Wildman–Crippen LogP) is 1.06. The number of carbonyl (C=O) groups excluding carboxylic acids is 2. The van der Waals surface area contributed by atoms with Gasteiger partial charge in [-0.25, -0.2) is 0 Å². The number of nitrogens with zero attached hydrogens (tertiary/aromatic N) is 5. The highest BCUT2D eigenvalue weighted by molar-refractivity contribution is 6.42. The summed E-state index contributed by atoms with van der Waals surface area (Å²) in [6.07, 6.45) is 9.15. The number of ketones is 1. The molecule has 1 amide bonds. The second kappa shape index (κ2) is 5.25. The molecule has 2 heterocycles. The van der Waals surface area contributed by atoms with E-state index in [1.165, 1.54) is 12.7 Å². The Morgan fingerprint density at radius 2 is 2.00 bits per heavy atom. The molecule has 8 heteroatoms. The van der Waals surface area contributed by atoms with Gasteiger partial charge in [0.05, 0.1) is 11.2 Å². The molecule has 136 valence electrons. The summed E-state index contributed by atoms with van der Waals surface area (Å²) in [6, 6.07) is 3.46. The Kier molecular flexibility index (Phi) is 3.17. The van der Waals surface area contributed by atoms with Crippen LogP contribution >= 0.6 is 0 Å². The standard InChI is InChI=1S/C18H22N6O2/c1-23-4-2-3-14(23)15(25)16(26)21-17-6-12-5-13(7-17)9-18(8-12,10-17)24-20-11-19-22-24/h2-4,11-13H,5-10H2,1H3,(H,21,26)/t12-,13+,17?,18?. The maximum absolute atomic E-state index is 12.7. The molecule has 4 bridgehead atoms. The Morgan fingerprint density at radius 3 is 2.62 bits per heavy atom. The van der Waals surface area contributed by atoms with Crippen molar-refractivity contribution in [2.45, 2.75) is 49.6 Å². The number of Topliss-reactive ketones (excluding diaryl/α,β-unsaturated/α-hetero) is 1. The number of aryl methyl sites for hydroxylation is 1. The smallest absolute Gasteiger partial charge is 0.294 e. The van der Waals surface area contributed by atoms with Crippen LogP contribution in [0.4, 0.5) is 0 Å². The first kappa shape index (κ1) is 15.7. The van der Waals surface area contributed by atoms with Gasteiger partial charge in [-0.3, -0.25) is 9.59 Å². The van der Waals surface area contributed by atoms with E-state index >= 15 is 0 Å². The Bertz CT molecular complexity index is 856. The van der Waals surface area contributed by atoms with E-state index in [2.05, 4.69) is 20.7 Å². The van der Waals surface area contributed by atoms with E-state index < -0.39 is 11.7 Å². The van der Waals surface area contributed by atoms with Crippen molar-refractivity contribution < 1.29 is 9.59 Å². The molecule has 4 aliphatic rings. The maximum Gasteiger partial charge on any atom is 0.294 e. The summed E-state index contributed by atoms with van der Waals surface area (Å²) in [6.45, 7) is 0. The SMILES string of the molecule is Cn1cccc1C(=O)C(=O)NC12C[C@H]3C[C@@H](C1)CC(n1ncnn1)(C3)C2. The van der Waals surface area contributed by atoms with E-state index in [1.54, 1.807) is 34.7 Å². The summed E-state index contributed by atoms with van der Waals surface area (Å²) < 4.78 is 1.68. The summed E-state index contributed by atoms with van der Waals surface area (Å²) in [5, 5.41) is 15.5. The third-order valence-electron chi connectivity index (χ3n) is 6.56. The lowest BCUT2D eigenvalue weighted by molar-refractivity contribution is -0.127. The van der Waals surface area contributed by atoms with Gasteiger partial charge in [0.2, 0.25) is 0 Å². The lowest BCUT2D eigenvalue weighted by Gasteiger charge is -2.61. The van der Waals surface area contributed by atoms with Crippen LogP contribution in [-0.4, -0.2) is 42.0 Å². The molecule has 0 radical (unpaired) electrons. The number of amides is 1. The molecule has 26 heavy (non-hydrogen) atoms. The molecule has 6 rings (SSSR count). The third kappa shape index (κ3) is 2.24. The van der Waals surface area contributed by atoms with E-state index in [4.69, 9.17) is 0 Å². The predicted molar refractivity (Wildman–Crippen MR) is 91.1 cm³/mol. The van der Waals surface area contributed by atoms with Crippen molar-refractivity contribution in [2.24, 2.45) is 18.9 Å². The highest BCUT2D eigenvalue weighted by Gasteiger charge is 2.60. The molecule has 0 aliphatic heterocycles. The van der Waals surface area contributed by atoms with E-state index in [-0.39, 0.29) is 11.1 Å². The fraction of sp³-hybridized carbons (Fsp3) is 0.611. The number of carbonyl (C=O) groups is 2. The van der Waals surface area contributed by atoms with Crippen LogP contribution in [0.5, 0.6) is 0 Å². The van der Waals surface area contributed by atoms with Crippen LogP contribution in [0.1, 0.15) is 49.0 Å². The van der Waals surface area contributed by atoms with Crippen molar-refractivity contribution in [3.8, 4) is 0 Å². The zero-order valence-electron chi connectivity index (χ0n) is 14.8. The summed E-state index contributed by atoms with van der Waals surface area (Å²) in [4.78, 5) is 27.1. The zero-order valence-corrected chi connectivity index (χ0v) is 14.8. The molecule has 4 saturated carbocycles. The van der Waals surface area contributed by atoms with Gasteiger partial charge in [-0.05, 0) is 67.7 Å². The number of aromatic nitrogens is 5. The average molecular weight is 354 g/mol. The van der Waals surface area contributed by atoms with Crippen molar-refractivity contribution in [2.75, 3.05) is 0 Å². The van der Waals surface area contributed by atoms with Crippen LogP contribution in [0.2, 0.25) is 0 Å². The fourth-order valence-electron chi connectivity index (χ4n) is 6.09. The van der Waals surface area contributed by atoms with Crippen molar-refractivity contribution in [1.82, 2.24) is 30.1 Å². The number of hydrogen-bond donors (Lipinski definition) is 1. The number of nitrogens with one attached hydrogen (secondary N) is 1. The molecule has 2 unspecified atom stereocenters. The molecule has 0 spiro atoms. The molecular weight excluding hydrogens is 332 g/mol. The molecule has 0 saturated heterocycles. The first-order chi connectivity index (χ1) is 12.5. The summed E-state index contributed by atoms with van der Waals surface area (Å²) in [7, 11) is 1.77.